The Morgan fingerprint density at radius 1 is 1.22 bits per heavy atom. The molecule has 0 fully saturated rings. The molecule has 1 amide bonds. The van der Waals surface area contributed by atoms with Gasteiger partial charge in [0.2, 0.25) is 0 Å². The van der Waals surface area contributed by atoms with Crippen LogP contribution in [0.5, 0.6) is 0 Å². The van der Waals surface area contributed by atoms with Crippen molar-refractivity contribution in [3.8, 4) is 0 Å². The van der Waals surface area contributed by atoms with E-state index in [-0.39, 0.29) is 12.6 Å². The smallest absolute Gasteiger partial charge is 0.407 e. The average molecular weight is 322 g/mol. The summed E-state index contributed by atoms with van der Waals surface area (Å²) >= 11 is 0. The molecule has 0 aliphatic carbocycles. The highest BCUT2D eigenvalue weighted by Crippen LogP contribution is 2.09. The van der Waals surface area contributed by atoms with E-state index in [2.05, 4.69) is 10.6 Å². The lowest BCUT2D eigenvalue weighted by atomic mass is 10.1. The first kappa shape index (κ1) is 19.0. The van der Waals surface area contributed by atoms with Gasteiger partial charge in [-0.15, -0.1) is 0 Å². The summed E-state index contributed by atoms with van der Waals surface area (Å²) in [4.78, 5) is 22.5. The summed E-state index contributed by atoms with van der Waals surface area (Å²) in [7, 11) is 0. The van der Waals surface area contributed by atoms with Crippen LogP contribution in [0.1, 0.15) is 32.8 Å². The first-order chi connectivity index (χ1) is 10.8. The van der Waals surface area contributed by atoms with Gasteiger partial charge in [-0.25, -0.2) is 4.79 Å². The summed E-state index contributed by atoms with van der Waals surface area (Å²) in [5.41, 5.74) is 0.601. The molecule has 6 nitrogen and oxygen atoms in total. The zero-order valence-corrected chi connectivity index (χ0v) is 14.0. The Bertz CT molecular complexity index is 497. The van der Waals surface area contributed by atoms with Gasteiger partial charge >= 0.3 is 12.1 Å². The summed E-state index contributed by atoms with van der Waals surface area (Å²) < 4.78 is 5.25. The van der Waals surface area contributed by atoms with E-state index in [4.69, 9.17) is 9.84 Å². The summed E-state index contributed by atoms with van der Waals surface area (Å²) in [5.74, 6) is -0.927. The fourth-order valence-corrected chi connectivity index (χ4v) is 2.04. The molecule has 0 bridgehead atoms. The fraction of sp³-hybridized carbons (Fsp3) is 0.529. The molecule has 0 saturated heterocycles. The molecule has 0 saturated carbocycles. The predicted molar refractivity (Wildman–Crippen MR) is 88.4 cm³/mol. The second kappa shape index (κ2) is 9.15. The van der Waals surface area contributed by atoms with Crippen LogP contribution in [-0.2, 0) is 16.0 Å². The van der Waals surface area contributed by atoms with Crippen LogP contribution in [0, 0.1) is 0 Å². The molecule has 6 heteroatoms. The number of ether oxygens (including phenoxy) is 1. The van der Waals surface area contributed by atoms with E-state index in [0.29, 0.717) is 13.0 Å². The fourth-order valence-electron chi connectivity index (χ4n) is 2.04. The molecule has 1 aromatic carbocycles. The average Bonchev–Trinajstić information content (AvgIpc) is 2.43. The maximum absolute atomic E-state index is 11.9. The maximum Gasteiger partial charge on any atom is 0.407 e. The first-order valence-electron chi connectivity index (χ1n) is 7.72. The maximum atomic E-state index is 11.9. The predicted octanol–water partition coefficient (Wildman–Crippen LogP) is 2.19. The van der Waals surface area contributed by atoms with Crippen molar-refractivity contribution in [2.75, 3.05) is 13.1 Å². The van der Waals surface area contributed by atoms with E-state index >= 15 is 0 Å². The van der Waals surface area contributed by atoms with E-state index in [1.54, 1.807) is 20.8 Å². The molecular weight excluding hydrogens is 296 g/mol. The molecule has 128 valence electrons. The van der Waals surface area contributed by atoms with Crippen molar-refractivity contribution in [1.29, 1.82) is 0 Å². The van der Waals surface area contributed by atoms with Gasteiger partial charge in [0.15, 0.2) is 0 Å². The molecule has 0 heterocycles. The minimum atomic E-state index is -0.927. The van der Waals surface area contributed by atoms with Gasteiger partial charge < -0.3 is 20.5 Å². The van der Waals surface area contributed by atoms with Crippen LogP contribution in [0.15, 0.2) is 30.3 Å². The summed E-state index contributed by atoms with van der Waals surface area (Å²) in [6, 6.07) is 9.73. The van der Waals surface area contributed by atoms with Crippen LogP contribution < -0.4 is 10.6 Å². The molecule has 1 aromatic rings. The number of carboxylic acids is 1. The van der Waals surface area contributed by atoms with Crippen LogP contribution in [-0.4, -0.2) is 41.9 Å². The van der Waals surface area contributed by atoms with Gasteiger partial charge in [0, 0.05) is 12.6 Å². The second-order valence-electron chi connectivity index (χ2n) is 6.39. The van der Waals surface area contributed by atoms with Crippen LogP contribution in [0.3, 0.4) is 0 Å². The number of benzene rings is 1. The molecule has 0 spiro atoms. The van der Waals surface area contributed by atoms with Crippen molar-refractivity contribution < 1.29 is 19.4 Å². The van der Waals surface area contributed by atoms with Gasteiger partial charge in [0.05, 0.1) is 6.54 Å². The molecule has 1 atom stereocenters. The Balaban J connectivity index is 2.53. The molecule has 0 radical (unpaired) electrons. The lowest BCUT2D eigenvalue weighted by molar-refractivity contribution is -0.135. The van der Waals surface area contributed by atoms with Crippen molar-refractivity contribution >= 4 is 12.1 Å². The topological polar surface area (TPSA) is 87.7 Å². The van der Waals surface area contributed by atoms with Gasteiger partial charge in [0.1, 0.15) is 5.60 Å². The Kier molecular flexibility index (Phi) is 7.54. The molecule has 0 unspecified atom stereocenters. The summed E-state index contributed by atoms with van der Waals surface area (Å²) in [6.45, 7) is 5.63. The van der Waals surface area contributed by atoms with Gasteiger partial charge in [-0.3, -0.25) is 4.79 Å². The quantitative estimate of drug-likeness (QED) is 0.683. The number of hydrogen-bond donors (Lipinski definition) is 3. The molecule has 23 heavy (non-hydrogen) atoms. The Morgan fingerprint density at radius 3 is 2.43 bits per heavy atom. The number of alkyl carbamates (subject to hydrolysis) is 1. The third kappa shape index (κ3) is 9.52. The Morgan fingerprint density at radius 2 is 1.87 bits per heavy atom. The van der Waals surface area contributed by atoms with Crippen molar-refractivity contribution in [3.05, 3.63) is 35.9 Å². The lowest BCUT2D eigenvalue weighted by Crippen LogP contribution is -2.45. The highest BCUT2D eigenvalue weighted by Gasteiger charge is 2.19. The summed E-state index contributed by atoms with van der Waals surface area (Å²) in [6.07, 6.45) is 0.985. The van der Waals surface area contributed by atoms with E-state index in [0.717, 1.165) is 6.42 Å². The second-order valence-corrected chi connectivity index (χ2v) is 6.39. The molecule has 0 aliphatic heterocycles. The highest BCUT2D eigenvalue weighted by molar-refractivity contribution is 5.69. The first-order valence-corrected chi connectivity index (χ1v) is 7.72. The van der Waals surface area contributed by atoms with Crippen molar-refractivity contribution in [2.45, 2.75) is 45.3 Å². The molecule has 1 rings (SSSR count). The molecule has 3 N–H and O–H groups in total. The van der Waals surface area contributed by atoms with Gasteiger partial charge in [0.25, 0.3) is 0 Å². The van der Waals surface area contributed by atoms with Crippen LogP contribution in [0.4, 0.5) is 4.79 Å². The minimum Gasteiger partial charge on any atom is -0.480 e. The van der Waals surface area contributed by atoms with Gasteiger partial charge in [-0.05, 0) is 39.2 Å². The number of carbonyl (C=O) groups is 2. The molecular formula is C17H26N2O4. The number of carboxylic acid groups (broad SMARTS) is 1. The molecule has 0 aliphatic rings. The number of carbonyl (C=O) groups excluding carboxylic acids is 1. The van der Waals surface area contributed by atoms with Crippen LogP contribution >= 0.6 is 0 Å². The number of hydrogen-bond acceptors (Lipinski definition) is 4. The van der Waals surface area contributed by atoms with Crippen molar-refractivity contribution in [1.82, 2.24) is 10.6 Å². The normalized spacial score (nSPS) is 12.5. The number of rotatable bonds is 8. The van der Waals surface area contributed by atoms with Crippen LogP contribution in [0.25, 0.3) is 0 Å². The molecule has 0 aromatic heterocycles. The van der Waals surface area contributed by atoms with Crippen molar-refractivity contribution in [2.24, 2.45) is 0 Å². The van der Waals surface area contributed by atoms with Gasteiger partial charge in [-0.2, -0.15) is 0 Å². The standard InChI is InChI=1S/C17H26N2O4/c1-17(2,3)23-16(22)19-14(11-18-12-15(20)21)10-9-13-7-5-4-6-8-13/h4-8,14,18H,9-12H2,1-3H3,(H,19,22)(H,20,21)/t14-/m0/s1. The lowest BCUT2D eigenvalue weighted by Gasteiger charge is -2.24. The minimum absolute atomic E-state index is 0.141. The SMILES string of the molecule is CC(C)(C)OC(=O)N[C@@H](CCc1ccccc1)CNCC(=O)O. The highest BCUT2D eigenvalue weighted by atomic mass is 16.6. The third-order valence-corrected chi connectivity index (χ3v) is 3.01. The Hall–Kier alpha value is -2.08. The Labute approximate surface area is 137 Å². The van der Waals surface area contributed by atoms with E-state index in [1.807, 2.05) is 30.3 Å². The van der Waals surface area contributed by atoms with E-state index in [1.165, 1.54) is 5.56 Å². The van der Waals surface area contributed by atoms with Crippen molar-refractivity contribution in [3.63, 3.8) is 0 Å². The third-order valence-electron chi connectivity index (χ3n) is 3.01. The number of aryl methyl sites for hydroxylation is 1. The van der Waals surface area contributed by atoms with E-state index < -0.39 is 17.7 Å². The monoisotopic (exact) mass is 322 g/mol. The van der Waals surface area contributed by atoms with Crippen LogP contribution in [0.2, 0.25) is 0 Å². The zero-order valence-electron chi connectivity index (χ0n) is 14.0. The number of nitrogens with one attached hydrogen (secondary N) is 2. The van der Waals surface area contributed by atoms with E-state index in [9.17, 15) is 9.59 Å². The zero-order chi connectivity index (χ0) is 17.3. The van der Waals surface area contributed by atoms with Gasteiger partial charge in [-0.1, -0.05) is 30.3 Å². The number of amides is 1. The largest absolute Gasteiger partial charge is 0.480 e. The number of aliphatic carboxylic acids is 1. The summed E-state index contributed by atoms with van der Waals surface area (Å²) in [5, 5.41) is 14.3.